The van der Waals surface area contributed by atoms with Crippen LogP contribution < -0.4 is 0 Å². The van der Waals surface area contributed by atoms with Crippen molar-refractivity contribution in [1.82, 2.24) is 0 Å². The predicted molar refractivity (Wildman–Crippen MR) is 64.6 cm³/mol. The predicted octanol–water partition coefficient (Wildman–Crippen LogP) is -1.51. The van der Waals surface area contributed by atoms with Crippen molar-refractivity contribution in [1.29, 1.82) is 0 Å². The molecule has 9 nitrogen and oxygen atoms in total. The monoisotopic (exact) mass is 306 g/mol. The second-order valence-corrected chi connectivity index (χ2v) is 4.47. The number of esters is 3. The Kier molecular flexibility index (Phi) is 6.06. The molecule has 0 amide bonds. The second kappa shape index (κ2) is 7.34. The van der Waals surface area contributed by atoms with Crippen molar-refractivity contribution in [2.75, 3.05) is 6.61 Å². The van der Waals surface area contributed by atoms with Gasteiger partial charge in [-0.25, -0.2) is 0 Å². The Balaban J connectivity index is 3.08. The van der Waals surface area contributed by atoms with Gasteiger partial charge in [-0.1, -0.05) is 0 Å². The smallest absolute Gasteiger partial charge is 0.303 e. The maximum atomic E-state index is 11.2. The summed E-state index contributed by atoms with van der Waals surface area (Å²) in [4.78, 5) is 33.4. The third kappa shape index (κ3) is 4.66. The first-order valence-corrected chi connectivity index (χ1v) is 6.22. The van der Waals surface area contributed by atoms with Crippen molar-refractivity contribution in [2.45, 2.75) is 51.5 Å². The highest BCUT2D eigenvalue weighted by atomic mass is 16.7. The zero-order valence-corrected chi connectivity index (χ0v) is 11.8. The van der Waals surface area contributed by atoms with Gasteiger partial charge < -0.3 is 29.2 Å². The molecule has 2 N–H and O–H groups in total. The third-order valence-corrected chi connectivity index (χ3v) is 2.70. The maximum absolute atomic E-state index is 11.2. The molecule has 0 aromatic rings. The minimum absolute atomic E-state index is 0.598. The van der Waals surface area contributed by atoms with Crippen LogP contribution in [0.15, 0.2) is 0 Å². The average molecular weight is 306 g/mol. The molecule has 0 aromatic carbocycles. The fourth-order valence-corrected chi connectivity index (χ4v) is 2.02. The number of ether oxygens (including phenoxy) is 4. The molecule has 5 atom stereocenters. The molecule has 1 rings (SSSR count). The first-order chi connectivity index (χ1) is 9.76. The molecular formula is C12H18O9. The summed E-state index contributed by atoms with van der Waals surface area (Å²) in [5.41, 5.74) is 0. The molecule has 0 aliphatic carbocycles. The van der Waals surface area contributed by atoms with Crippen LogP contribution in [0.5, 0.6) is 0 Å². The number of aliphatic hydroxyl groups is 2. The van der Waals surface area contributed by atoms with Crippen LogP contribution >= 0.6 is 0 Å². The molecule has 1 heterocycles. The van der Waals surface area contributed by atoms with E-state index < -0.39 is 55.2 Å². The first-order valence-electron chi connectivity index (χ1n) is 6.22. The molecule has 1 fully saturated rings. The van der Waals surface area contributed by atoms with Gasteiger partial charge in [-0.05, 0) is 0 Å². The van der Waals surface area contributed by atoms with Crippen LogP contribution in [0, 0.1) is 0 Å². The van der Waals surface area contributed by atoms with Crippen LogP contribution in [0.1, 0.15) is 20.8 Å². The summed E-state index contributed by atoms with van der Waals surface area (Å²) in [5, 5.41) is 19.0. The first kappa shape index (κ1) is 17.3. The van der Waals surface area contributed by atoms with E-state index in [1.807, 2.05) is 0 Å². The van der Waals surface area contributed by atoms with Crippen molar-refractivity contribution >= 4 is 17.9 Å². The lowest BCUT2D eigenvalue weighted by molar-refractivity contribution is -0.295. The van der Waals surface area contributed by atoms with E-state index in [1.165, 1.54) is 0 Å². The highest BCUT2D eigenvalue weighted by Crippen LogP contribution is 2.27. The van der Waals surface area contributed by atoms with Crippen LogP contribution in [-0.2, 0) is 33.3 Å². The Morgan fingerprint density at radius 3 is 1.76 bits per heavy atom. The molecule has 0 aromatic heterocycles. The summed E-state index contributed by atoms with van der Waals surface area (Å²) in [6, 6.07) is 0. The van der Waals surface area contributed by atoms with Gasteiger partial charge in [0.05, 0.1) is 6.61 Å². The van der Waals surface area contributed by atoms with Gasteiger partial charge in [-0.2, -0.15) is 0 Å². The number of carbonyl (C=O) groups excluding carboxylic acids is 3. The van der Waals surface area contributed by atoms with Gasteiger partial charge in [-0.15, -0.1) is 0 Å². The third-order valence-electron chi connectivity index (χ3n) is 2.70. The summed E-state index contributed by atoms with van der Waals surface area (Å²) in [6.45, 7) is 2.71. The molecule has 120 valence electrons. The number of hydrogen-bond acceptors (Lipinski definition) is 9. The molecule has 0 bridgehead atoms. The maximum Gasteiger partial charge on any atom is 0.303 e. The summed E-state index contributed by atoms with van der Waals surface area (Å²) in [7, 11) is 0. The van der Waals surface area contributed by atoms with Gasteiger partial charge in [0, 0.05) is 20.8 Å². The highest BCUT2D eigenvalue weighted by Gasteiger charge is 2.51. The van der Waals surface area contributed by atoms with Gasteiger partial charge in [-0.3, -0.25) is 14.4 Å². The Morgan fingerprint density at radius 1 is 0.905 bits per heavy atom. The van der Waals surface area contributed by atoms with Gasteiger partial charge in [0.15, 0.2) is 24.6 Å². The summed E-state index contributed by atoms with van der Waals surface area (Å²) < 4.78 is 19.8. The molecule has 0 saturated carbocycles. The fraction of sp³-hybridized carbons (Fsp3) is 0.750. The Bertz CT molecular complexity index is 408. The molecule has 0 radical (unpaired) electrons. The zero-order valence-electron chi connectivity index (χ0n) is 11.8. The summed E-state index contributed by atoms with van der Waals surface area (Å²) in [6.07, 6.45) is -6.65. The average Bonchev–Trinajstić information content (AvgIpc) is 2.35. The van der Waals surface area contributed by atoms with E-state index in [4.69, 9.17) is 18.9 Å². The quantitative estimate of drug-likeness (QED) is 0.470. The largest absolute Gasteiger partial charge is 0.456 e. The van der Waals surface area contributed by atoms with E-state index in [2.05, 4.69) is 0 Å². The SMILES string of the molecule is CC(=O)O[C@@H]1[C@@H](OC(C)=O)[C@H](CO)O[C@H](O)[C@H]1OC(C)=O. The van der Waals surface area contributed by atoms with Crippen molar-refractivity contribution in [3.05, 3.63) is 0 Å². The minimum atomic E-state index is -1.64. The van der Waals surface area contributed by atoms with Crippen LogP contribution in [-0.4, -0.2) is 65.4 Å². The van der Waals surface area contributed by atoms with E-state index >= 15 is 0 Å². The minimum Gasteiger partial charge on any atom is -0.456 e. The molecule has 1 aliphatic rings. The zero-order chi connectivity index (χ0) is 16.2. The van der Waals surface area contributed by atoms with E-state index in [0.29, 0.717) is 0 Å². The molecule has 21 heavy (non-hydrogen) atoms. The number of hydrogen-bond donors (Lipinski definition) is 2. The molecule has 1 aliphatic heterocycles. The van der Waals surface area contributed by atoms with Gasteiger partial charge in [0.1, 0.15) is 6.10 Å². The van der Waals surface area contributed by atoms with Crippen LogP contribution in [0.2, 0.25) is 0 Å². The molecular weight excluding hydrogens is 288 g/mol. The lowest BCUT2D eigenvalue weighted by atomic mass is 9.98. The van der Waals surface area contributed by atoms with Gasteiger partial charge in [0.25, 0.3) is 0 Å². The molecule has 0 unspecified atom stereocenters. The van der Waals surface area contributed by atoms with Crippen molar-refractivity contribution in [2.24, 2.45) is 0 Å². The number of aliphatic hydroxyl groups excluding tert-OH is 2. The fourth-order valence-electron chi connectivity index (χ4n) is 2.02. The van der Waals surface area contributed by atoms with E-state index in [9.17, 15) is 24.6 Å². The van der Waals surface area contributed by atoms with Crippen molar-refractivity contribution < 1.29 is 43.5 Å². The van der Waals surface area contributed by atoms with Crippen LogP contribution in [0.25, 0.3) is 0 Å². The molecule has 1 saturated heterocycles. The lowest BCUT2D eigenvalue weighted by Gasteiger charge is -2.42. The van der Waals surface area contributed by atoms with Crippen LogP contribution in [0.3, 0.4) is 0 Å². The Labute approximate surface area is 120 Å². The van der Waals surface area contributed by atoms with E-state index in [0.717, 1.165) is 20.8 Å². The van der Waals surface area contributed by atoms with Gasteiger partial charge in [0.2, 0.25) is 0 Å². The molecule has 0 spiro atoms. The van der Waals surface area contributed by atoms with E-state index in [1.54, 1.807) is 0 Å². The Morgan fingerprint density at radius 2 is 1.33 bits per heavy atom. The molecule has 9 heteroatoms. The highest BCUT2D eigenvalue weighted by molar-refractivity contribution is 5.68. The Hall–Kier alpha value is -1.71. The van der Waals surface area contributed by atoms with Crippen molar-refractivity contribution in [3.8, 4) is 0 Å². The number of carbonyl (C=O) groups is 3. The lowest BCUT2D eigenvalue weighted by Crippen LogP contribution is -2.62. The van der Waals surface area contributed by atoms with Crippen LogP contribution in [0.4, 0.5) is 0 Å². The van der Waals surface area contributed by atoms with E-state index in [-0.39, 0.29) is 0 Å². The summed E-state index contributed by atoms with van der Waals surface area (Å²) in [5.74, 6) is -2.19. The summed E-state index contributed by atoms with van der Waals surface area (Å²) >= 11 is 0. The topological polar surface area (TPSA) is 129 Å². The number of rotatable bonds is 4. The second-order valence-electron chi connectivity index (χ2n) is 4.47. The van der Waals surface area contributed by atoms with Gasteiger partial charge >= 0.3 is 17.9 Å². The standard InChI is InChI=1S/C12H18O9/c1-5(14)18-9-8(4-13)21-12(17)11(20-7(3)16)10(9)19-6(2)15/h8-13,17H,4H2,1-3H3/t8-,9-,10+,11-,12-/m0/s1. The van der Waals surface area contributed by atoms with Crippen molar-refractivity contribution in [3.63, 3.8) is 0 Å². The normalized spacial score (nSPS) is 32.1.